The molecule has 0 radical (unpaired) electrons. The van der Waals surface area contributed by atoms with Gasteiger partial charge in [-0.05, 0) is 59.7 Å². The molecule has 3 saturated heterocycles. The zero-order valence-electron chi connectivity index (χ0n) is 31.5. The second kappa shape index (κ2) is 20.8. The Morgan fingerprint density at radius 1 is 0.750 bits per heavy atom. The van der Waals surface area contributed by atoms with E-state index in [0.717, 1.165) is 34.2 Å². The minimum Gasteiger partial charge on any atom is -0.480 e. The van der Waals surface area contributed by atoms with Gasteiger partial charge in [0.1, 0.15) is 13.1 Å². The molecule has 3 fully saturated rings. The van der Waals surface area contributed by atoms with Crippen molar-refractivity contribution in [3.05, 3.63) is 64.5 Å². The Labute approximate surface area is 320 Å². The normalized spacial score (nSPS) is 17.5. The van der Waals surface area contributed by atoms with Gasteiger partial charge in [0, 0.05) is 59.4 Å². The molecule has 56 heavy (non-hydrogen) atoms. The highest BCUT2D eigenvalue weighted by molar-refractivity contribution is 6.12. The minimum atomic E-state index is -0.928. The van der Waals surface area contributed by atoms with Crippen LogP contribution in [-0.4, -0.2) is 121 Å². The van der Waals surface area contributed by atoms with Crippen molar-refractivity contribution in [2.45, 2.75) is 41.5 Å². The van der Waals surface area contributed by atoms with Gasteiger partial charge in [-0.25, -0.2) is 40.0 Å². The predicted octanol–water partition coefficient (Wildman–Crippen LogP) is -0.569. The summed E-state index contributed by atoms with van der Waals surface area (Å²) in [6.07, 6.45) is 2.39. The van der Waals surface area contributed by atoms with Crippen LogP contribution in [0.5, 0.6) is 0 Å². The summed E-state index contributed by atoms with van der Waals surface area (Å²) in [5.74, 6) is -1.11. The maximum atomic E-state index is 11.6. The van der Waals surface area contributed by atoms with E-state index in [1.165, 1.54) is 12.2 Å². The van der Waals surface area contributed by atoms with E-state index in [1.807, 2.05) is 70.0 Å². The van der Waals surface area contributed by atoms with Gasteiger partial charge < -0.3 is 25.2 Å². The topological polar surface area (TPSA) is 301 Å². The smallest absolute Gasteiger partial charge is 0.327 e. The fourth-order valence-electron chi connectivity index (χ4n) is 5.34. The number of esters is 1. The molecule has 0 aliphatic carbocycles. The molecular formula is C34H43N11O11. The van der Waals surface area contributed by atoms with Crippen LogP contribution >= 0.6 is 0 Å². The Morgan fingerprint density at radius 2 is 1.16 bits per heavy atom. The zero-order valence-corrected chi connectivity index (χ0v) is 31.5. The summed E-state index contributed by atoms with van der Waals surface area (Å²) >= 11 is 0. The minimum absolute atomic E-state index is 0.164. The Morgan fingerprint density at radius 3 is 1.50 bits per heavy atom. The van der Waals surface area contributed by atoms with Gasteiger partial charge in [-0.15, -0.1) is 0 Å². The van der Waals surface area contributed by atoms with Crippen LogP contribution in [0.1, 0.15) is 34.2 Å². The first-order chi connectivity index (χ1) is 26.5. The van der Waals surface area contributed by atoms with E-state index in [0.29, 0.717) is 30.9 Å². The number of hydrogen-bond donors (Lipinski definition) is 6. The molecule has 0 spiro atoms. The molecule has 7 heterocycles. The van der Waals surface area contributed by atoms with Crippen LogP contribution in [0.25, 0.3) is 0 Å². The number of nitrogens with zero attached hydrogens (tertiary/aromatic N) is 8. The molecule has 3 aromatic heterocycles. The molecule has 4 aliphatic heterocycles. The number of fused-ring (bicyclic) bond motifs is 1. The molecule has 22 nitrogen and oxygen atoms in total. The number of aliphatic carboxylic acids is 1. The number of aliphatic hydroxyl groups is 1. The average molecular weight is 782 g/mol. The fraction of sp³-hybridized carbons (Fsp3) is 0.412. The molecule has 6 N–H and O–H groups in total. The van der Waals surface area contributed by atoms with E-state index in [1.54, 1.807) is 4.90 Å². The highest BCUT2D eigenvalue weighted by atomic mass is 17.1. The first-order valence-corrected chi connectivity index (χ1v) is 16.8. The number of carbonyl (C=O) groups is 6. The molecule has 3 aromatic rings. The lowest BCUT2D eigenvalue weighted by Gasteiger charge is -2.17. The van der Waals surface area contributed by atoms with Crippen molar-refractivity contribution in [3.63, 3.8) is 0 Å². The van der Waals surface area contributed by atoms with Gasteiger partial charge in [0.25, 0.3) is 11.8 Å². The number of rotatable bonds is 6. The summed E-state index contributed by atoms with van der Waals surface area (Å²) in [4.78, 5) is 96.3. The lowest BCUT2D eigenvalue weighted by atomic mass is 10.00. The Balaban J connectivity index is 0.000000201. The van der Waals surface area contributed by atoms with Crippen LogP contribution in [-0.2, 0) is 38.4 Å². The van der Waals surface area contributed by atoms with Crippen molar-refractivity contribution in [2.75, 3.05) is 54.8 Å². The number of cyclic esters (lactones) is 1. The molecule has 7 rings (SSSR count). The standard InChI is InChI=1S/C12H14N4O2.C9H11N3O2.C8H11N3O2.C4H3NO2.CH4O3/c1-6-3-7(2)14-12(13-6)16-4-8-9(5-16)11(18)15-10(8)17;1-6-3-7(2)11-9(10-6)12-4-8(13)14-5-12;1-5-3-6(2)11-8(10-5)9-4-7(12)13;6-3-1-2-4(7)5-3;2-1-4-3/h3,8-9H,4-5H2,1-2H3,(H,15,17,18);3H,4-5H2,1-2H3;3H,4H2,1-2H3,(H,12,13)(H,9,10,11);1-2H,(H,5,6,7);2-3H,1H2/t8-,9+;;;;. The first-order valence-electron chi connectivity index (χ1n) is 16.8. The molecule has 0 aromatic carbocycles. The van der Waals surface area contributed by atoms with Crippen molar-refractivity contribution in [3.8, 4) is 0 Å². The van der Waals surface area contributed by atoms with Gasteiger partial charge in [0.2, 0.25) is 29.7 Å². The van der Waals surface area contributed by atoms with Crippen molar-refractivity contribution < 1.29 is 53.9 Å². The van der Waals surface area contributed by atoms with Gasteiger partial charge in [-0.1, -0.05) is 0 Å². The van der Waals surface area contributed by atoms with Crippen molar-refractivity contribution in [1.82, 2.24) is 40.5 Å². The summed E-state index contributed by atoms with van der Waals surface area (Å²) in [5.41, 5.74) is 5.22. The number of aromatic nitrogens is 6. The van der Waals surface area contributed by atoms with E-state index in [9.17, 15) is 28.8 Å². The maximum absolute atomic E-state index is 11.6. The van der Waals surface area contributed by atoms with Crippen molar-refractivity contribution in [1.29, 1.82) is 0 Å². The summed E-state index contributed by atoms with van der Waals surface area (Å²) in [7, 11) is 0. The third kappa shape index (κ3) is 14.0. The molecule has 4 aliphatic rings. The first kappa shape index (κ1) is 43.9. The van der Waals surface area contributed by atoms with Crippen molar-refractivity contribution in [2.24, 2.45) is 11.8 Å². The monoisotopic (exact) mass is 781 g/mol. The van der Waals surface area contributed by atoms with Gasteiger partial charge in [0.15, 0.2) is 13.5 Å². The quantitative estimate of drug-likeness (QED) is 0.0600. The lowest BCUT2D eigenvalue weighted by molar-refractivity contribution is -0.285. The number of hydrogen-bond acceptors (Lipinski definition) is 19. The SMILES string of the molecule is Cc1cc(C)nc(N2COC(=O)C2)n1.Cc1cc(C)nc(N2C[C@@H]3C(=O)NC(=O)[C@@H]3C2)n1.Cc1cc(C)nc(NCC(=O)O)n1.O=C1C=CC(=O)N1.OCOO. The van der Waals surface area contributed by atoms with Gasteiger partial charge in [-0.2, -0.15) is 0 Å². The molecule has 0 unspecified atom stereocenters. The van der Waals surface area contributed by atoms with E-state index in [-0.39, 0.29) is 61.3 Å². The molecule has 22 heteroatoms. The molecule has 0 saturated carbocycles. The van der Waals surface area contributed by atoms with Gasteiger partial charge >= 0.3 is 11.9 Å². The fourth-order valence-corrected chi connectivity index (χ4v) is 5.34. The Hall–Kier alpha value is -6.52. The molecular weight excluding hydrogens is 738 g/mol. The maximum Gasteiger partial charge on any atom is 0.327 e. The summed E-state index contributed by atoms with van der Waals surface area (Å²) in [5, 5.41) is 29.9. The zero-order chi connectivity index (χ0) is 41.5. The van der Waals surface area contributed by atoms with Crippen LogP contribution in [0.4, 0.5) is 17.8 Å². The van der Waals surface area contributed by atoms with Gasteiger partial charge in [0.05, 0.1) is 11.8 Å². The van der Waals surface area contributed by atoms with Crippen LogP contribution < -0.4 is 25.8 Å². The molecule has 300 valence electrons. The second-order valence-electron chi connectivity index (χ2n) is 12.4. The van der Waals surface area contributed by atoms with Crippen LogP contribution in [0, 0.1) is 53.4 Å². The summed E-state index contributed by atoms with van der Waals surface area (Å²) < 4.78 is 4.81. The second-order valence-corrected chi connectivity index (χ2v) is 12.4. The predicted molar refractivity (Wildman–Crippen MR) is 194 cm³/mol. The van der Waals surface area contributed by atoms with E-state index in [2.05, 4.69) is 45.4 Å². The molecule has 0 bridgehead atoms. The number of nitrogens with one attached hydrogen (secondary N) is 3. The number of aliphatic hydroxyl groups excluding tert-OH is 1. The van der Waals surface area contributed by atoms with Crippen LogP contribution in [0.2, 0.25) is 0 Å². The number of anilines is 3. The molecule has 4 amide bonds. The number of carbonyl (C=O) groups excluding carboxylic acids is 5. The van der Waals surface area contributed by atoms with E-state index in [4.69, 9.17) is 20.2 Å². The largest absolute Gasteiger partial charge is 0.480 e. The molecule has 2 atom stereocenters. The number of carboxylic acids is 1. The summed E-state index contributed by atoms with van der Waals surface area (Å²) in [6.45, 7) is 12.0. The number of aryl methyl sites for hydroxylation is 6. The van der Waals surface area contributed by atoms with E-state index < -0.39 is 12.8 Å². The highest BCUT2D eigenvalue weighted by Gasteiger charge is 2.48. The third-order valence-electron chi connectivity index (χ3n) is 7.52. The highest BCUT2D eigenvalue weighted by Crippen LogP contribution is 2.30. The van der Waals surface area contributed by atoms with Crippen LogP contribution in [0.3, 0.4) is 0 Å². The number of carboxylic acid groups (broad SMARTS) is 1. The lowest BCUT2D eigenvalue weighted by Crippen LogP contribution is -2.32. The number of imide groups is 2. The number of amides is 4. The van der Waals surface area contributed by atoms with E-state index >= 15 is 0 Å². The van der Waals surface area contributed by atoms with Gasteiger partial charge in [-0.3, -0.25) is 44.3 Å². The van der Waals surface area contributed by atoms with Crippen molar-refractivity contribution >= 4 is 53.4 Å². The number of ether oxygens (including phenoxy) is 1. The third-order valence-corrected chi connectivity index (χ3v) is 7.52. The average Bonchev–Trinajstić information content (AvgIpc) is 3.90. The van der Waals surface area contributed by atoms with Crippen LogP contribution in [0.15, 0.2) is 30.4 Å². The Bertz CT molecular complexity index is 1860. The summed E-state index contributed by atoms with van der Waals surface area (Å²) in [6, 6.07) is 5.62. The Kier molecular flexibility index (Phi) is 16.3.